The number of benzene rings is 1. The van der Waals surface area contributed by atoms with Gasteiger partial charge in [-0.3, -0.25) is 0 Å². The maximum atomic E-state index is 13.0. The minimum Gasteiger partial charge on any atom is -0.382 e. The summed E-state index contributed by atoms with van der Waals surface area (Å²) >= 11 is 0. The van der Waals surface area contributed by atoms with Crippen molar-refractivity contribution in [1.82, 2.24) is 9.38 Å². The van der Waals surface area contributed by atoms with E-state index in [1.807, 2.05) is 0 Å². The van der Waals surface area contributed by atoms with Crippen LogP contribution in [-0.2, 0) is 6.18 Å². The average molecular weight is 292 g/mol. The van der Waals surface area contributed by atoms with Crippen LogP contribution in [0.3, 0.4) is 0 Å². The number of fused-ring (bicyclic) bond motifs is 1. The zero-order chi connectivity index (χ0) is 15.0. The molecule has 1 aromatic carbocycles. The van der Waals surface area contributed by atoms with E-state index in [4.69, 9.17) is 0 Å². The second kappa shape index (κ2) is 4.89. The van der Waals surface area contributed by atoms with Gasteiger partial charge in [-0.15, -0.1) is 0 Å². The number of imidazole rings is 1. The Morgan fingerprint density at radius 2 is 1.81 bits per heavy atom. The molecule has 0 saturated heterocycles. The quantitative estimate of drug-likeness (QED) is 0.785. The van der Waals surface area contributed by atoms with Gasteiger partial charge in [-0.2, -0.15) is 13.2 Å². The molecule has 3 nitrogen and oxygen atoms in total. The van der Waals surface area contributed by atoms with Crippen LogP contribution in [0.2, 0.25) is 0 Å². The van der Waals surface area contributed by atoms with Crippen molar-refractivity contribution in [2.45, 2.75) is 12.3 Å². The van der Waals surface area contributed by atoms with Crippen molar-refractivity contribution >= 4 is 5.52 Å². The van der Waals surface area contributed by atoms with E-state index in [1.54, 1.807) is 28.8 Å². The zero-order valence-corrected chi connectivity index (χ0v) is 10.7. The maximum absolute atomic E-state index is 13.0. The van der Waals surface area contributed by atoms with Crippen molar-refractivity contribution in [3.63, 3.8) is 0 Å². The minimum atomic E-state index is -4.51. The first-order valence-electron chi connectivity index (χ1n) is 6.23. The smallest absolute Gasteiger partial charge is 0.382 e. The van der Waals surface area contributed by atoms with Crippen LogP contribution in [0.5, 0.6) is 0 Å². The molecule has 0 aliphatic heterocycles. The third kappa shape index (κ3) is 2.38. The first-order valence-corrected chi connectivity index (χ1v) is 6.23. The minimum absolute atomic E-state index is 0.175. The fourth-order valence-corrected chi connectivity index (χ4v) is 2.35. The number of halogens is 3. The van der Waals surface area contributed by atoms with E-state index in [1.165, 1.54) is 24.5 Å². The van der Waals surface area contributed by atoms with Crippen LogP contribution in [-0.4, -0.2) is 14.5 Å². The van der Waals surface area contributed by atoms with Gasteiger partial charge in [0.2, 0.25) is 0 Å². The van der Waals surface area contributed by atoms with E-state index in [2.05, 4.69) is 4.98 Å². The molecule has 0 bridgehead atoms. The first kappa shape index (κ1) is 13.6. The fraction of sp³-hybridized carbons (Fsp3) is 0.133. The Morgan fingerprint density at radius 1 is 1.05 bits per heavy atom. The summed E-state index contributed by atoms with van der Waals surface area (Å²) in [5.41, 5.74) is 0.0264. The summed E-state index contributed by atoms with van der Waals surface area (Å²) < 4.78 is 40.7. The van der Waals surface area contributed by atoms with Crippen LogP contribution in [0.4, 0.5) is 13.2 Å². The second-order valence-corrected chi connectivity index (χ2v) is 4.63. The third-order valence-electron chi connectivity index (χ3n) is 3.32. The molecule has 2 aromatic heterocycles. The van der Waals surface area contributed by atoms with Gasteiger partial charge >= 0.3 is 6.18 Å². The molecule has 0 saturated carbocycles. The molecule has 3 aromatic rings. The van der Waals surface area contributed by atoms with Gasteiger partial charge in [-0.1, -0.05) is 24.3 Å². The molecule has 1 unspecified atom stereocenters. The van der Waals surface area contributed by atoms with Crippen molar-refractivity contribution in [3.05, 3.63) is 71.8 Å². The SMILES string of the molecule is OC(c1ccccc1C(F)(F)F)c1cccc2cncn12. The molecule has 0 spiro atoms. The predicted molar refractivity (Wildman–Crippen MR) is 70.7 cm³/mol. The van der Waals surface area contributed by atoms with Crippen LogP contribution in [0.25, 0.3) is 5.52 Å². The van der Waals surface area contributed by atoms with Crippen molar-refractivity contribution < 1.29 is 18.3 Å². The fourth-order valence-electron chi connectivity index (χ4n) is 2.35. The Labute approximate surface area is 118 Å². The van der Waals surface area contributed by atoms with Gasteiger partial charge < -0.3 is 9.51 Å². The molecule has 1 N–H and O–H groups in total. The van der Waals surface area contributed by atoms with Crippen molar-refractivity contribution in [1.29, 1.82) is 0 Å². The number of aliphatic hydroxyl groups excluding tert-OH is 1. The van der Waals surface area contributed by atoms with Gasteiger partial charge in [0.25, 0.3) is 0 Å². The van der Waals surface area contributed by atoms with Crippen molar-refractivity contribution in [3.8, 4) is 0 Å². The number of hydrogen-bond donors (Lipinski definition) is 1. The van der Waals surface area contributed by atoms with E-state index in [0.29, 0.717) is 11.2 Å². The highest BCUT2D eigenvalue weighted by atomic mass is 19.4. The monoisotopic (exact) mass is 292 g/mol. The highest BCUT2D eigenvalue weighted by Crippen LogP contribution is 2.36. The van der Waals surface area contributed by atoms with Crippen LogP contribution in [0.1, 0.15) is 22.9 Å². The predicted octanol–water partition coefficient (Wildman–Crippen LogP) is 3.43. The lowest BCUT2D eigenvalue weighted by Gasteiger charge is -2.18. The topological polar surface area (TPSA) is 37.5 Å². The third-order valence-corrected chi connectivity index (χ3v) is 3.32. The second-order valence-electron chi connectivity index (χ2n) is 4.63. The summed E-state index contributed by atoms with van der Waals surface area (Å²) in [4.78, 5) is 3.94. The summed E-state index contributed by atoms with van der Waals surface area (Å²) in [6, 6.07) is 10.0. The molecule has 0 aliphatic rings. The summed E-state index contributed by atoms with van der Waals surface area (Å²) in [6.07, 6.45) is -2.86. The molecule has 0 fully saturated rings. The van der Waals surface area contributed by atoms with Crippen LogP contribution in [0.15, 0.2) is 55.0 Å². The number of rotatable bonds is 2. The number of alkyl halides is 3. The Balaban J connectivity index is 2.15. The van der Waals surface area contributed by atoms with Crippen LogP contribution < -0.4 is 0 Å². The van der Waals surface area contributed by atoms with Gasteiger partial charge in [0.15, 0.2) is 0 Å². The van der Waals surface area contributed by atoms with E-state index < -0.39 is 17.8 Å². The molecule has 6 heteroatoms. The summed E-state index contributed by atoms with van der Waals surface area (Å²) in [5, 5.41) is 10.4. The number of pyridine rings is 1. The van der Waals surface area contributed by atoms with Gasteiger partial charge in [0.05, 0.1) is 29.3 Å². The lowest BCUT2D eigenvalue weighted by atomic mass is 9.99. The first-order chi connectivity index (χ1) is 9.98. The number of aliphatic hydroxyl groups is 1. The molecular formula is C15H11F3N2O. The number of hydrogen-bond acceptors (Lipinski definition) is 2. The molecule has 2 heterocycles. The Bertz CT molecular complexity index is 780. The molecule has 0 radical (unpaired) electrons. The van der Waals surface area contributed by atoms with Crippen LogP contribution in [0, 0.1) is 0 Å². The maximum Gasteiger partial charge on any atom is 0.416 e. The largest absolute Gasteiger partial charge is 0.416 e. The number of aromatic nitrogens is 2. The standard InChI is InChI=1S/C15H11F3N2O/c16-15(17,18)12-6-2-1-5-11(12)14(21)13-7-3-4-10-8-19-9-20(10)13/h1-9,14,21H. The van der Waals surface area contributed by atoms with Gasteiger partial charge in [-0.25, -0.2) is 4.98 Å². The lowest BCUT2D eigenvalue weighted by molar-refractivity contribution is -0.139. The highest BCUT2D eigenvalue weighted by molar-refractivity contribution is 5.47. The molecular weight excluding hydrogens is 281 g/mol. The Hall–Kier alpha value is -2.34. The Kier molecular flexibility index (Phi) is 3.17. The van der Waals surface area contributed by atoms with E-state index >= 15 is 0 Å². The molecule has 0 amide bonds. The van der Waals surface area contributed by atoms with E-state index in [-0.39, 0.29) is 5.56 Å². The summed E-state index contributed by atoms with van der Waals surface area (Å²) in [7, 11) is 0. The van der Waals surface area contributed by atoms with Crippen molar-refractivity contribution in [2.24, 2.45) is 0 Å². The highest BCUT2D eigenvalue weighted by Gasteiger charge is 2.35. The Morgan fingerprint density at radius 3 is 2.57 bits per heavy atom. The van der Waals surface area contributed by atoms with E-state index in [0.717, 1.165) is 6.07 Å². The summed E-state index contributed by atoms with van der Waals surface area (Å²) in [5.74, 6) is 0. The van der Waals surface area contributed by atoms with Gasteiger partial charge in [-0.05, 0) is 23.8 Å². The molecule has 21 heavy (non-hydrogen) atoms. The molecule has 0 aliphatic carbocycles. The van der Waals surface area contributed by atoms with Gasteiger partial charge in [0, 0.05) is 0 Å². The number of nitrogens with zero attached hydrogens (tertiary/aromatic N) is 2. The molecule has 108 valence electrons. The van der Waals surface area contributed by atoms with E-state index in [9.17, 15) is 18.3 Å². The zero-order valence-electron chi connectivity index (χ0n) is 10.7. The molecule has 1 atom stereocenters. The van der Waals surface area contributed by atoms with Crippen molar-refractivity contribution in [2.75, 3.05) is 0 Å². The normalized spacial score (nSPS) is 13.5. The molecule has 3 rings (SSSR count). The summed E-state index contributed by atoms with van der Waals surface area (Å²) in [6.45, 7) is 0. The lowest BCUT2D eigenvalue weighted by Crippen LogP contribution is -2.14. The van der Waals surface area contributed by atoms with Gasteiger partial charge in [0.1, 0.15) is 6.10 Å². The van der Waals surface area contributed by atoms with Crippen LogP contribution >= 0.6 is 0 Å². The average Bonchev–Trinajstić information content (AvgIpc) is 2.94.